The van der Waals surface area contributed by atoms with Crippen LogP contribution < -0.4 is 5.73 Å². The minimum atomic E-state index is 0.376. The highest BCUT2D eigenvalue weighted by atomic mass is 15.1. The van der Waals surface area contributed by atoms with E-state index in [2.05, 4.69) is 47.3 Å². The topological polar surface area (TPSA) is 42.2 Å². The van der Waals surface area contributed by atoms with Gasteiger partial charge in [-0.05, 0) is 31.2 Å². The minimum Gasteiger partial charge on any atom is -0.329 e. The average molecular weight is 269 g/mol. The Bertz CT molecular complexity index is 484. The lowest BCUT2D eigenvalue weighted by Crippen LogP contribution is -2.40. The molecule has 0 aliphatic carbocycles. The first-order valence-corrected chi connectivity index (χ1v) is 7.13. The van der Waals surface area contributed by atoms with Crippen molar-refractivity contribution in [1.82, 2.24) is 9.88 Å². The van der Waals surface area contributed by atoms with Gasteiger partial charge >= 0.3 is 0 Å². The standard InChI is InChI=1S/C17H23N3/c1-20(12-10-16-9-5-6-11-19-16)17(14-18)13-15-7-3-2-4-8-15/h2-9,11,17H,10,12-14,18H2,1H3. The molecule has 1 unspecified atom stereocenters. The molecule has 3 heteroatoms. The molecule has 0 aliphatic rings. The van der Waals surface area contributed by atoms with E-state index in [-0.39, 0.29) is 0 Å². The Balaban J connectivity index is 1.87. The van der Waals surface area contributed by atoms with E-state index in [1.807, 2.05) is 24.4 Å². The summed E-state index contributed by atoms with van der Waals surface area (Å²) in [4.78, 5) is 6.70. The van der Waals surface area contributed by atoms with Crippen LogP contribution in [0.5, 0.6) is 0 Å². The summed E-state index contributed by atoms with van der Waals surface area (Å²) in [6.45, 7) is 1.65. The zero-order valence-electron chi connectivity index (χ0n) is 12.1. The maximum Gasteiger partial charge on any atom is 0.0416 e. The third-order valence-electron chi connectivity index (χ3n) is 3.66. The maximum absolute atomic E-state index is 5.93. The lowest BCUT2D eigenvalue weighted by atomic mass is 10.0. The number of rotatable bonds is 7. The Morgan fingerprint density at radius 2 is 1.85 bits per heavy atom. The van der Waals surface area contributed by atoms with Crippen LogP contribution in [0, 0.1) is 0 Å². The highest BCUT2D eigenvalue weighted by molar-refractivity contribution is 5.16. The number of nitrogens with two attached hydrogens (primary N) is 1. The van der Waals surface area contributed by atoms with Crippen LogP contribution >= 0.6 is 0 Å². The van der Waals surface area contributed by atoms with E-state index < -0.39 is 0 Å². The fourth-order valence-electron chi connectivity index (χ4n) is 2.32. The summed E-state index contributed by atoms with van der Waals surface area (Å²) < 4.78 is 0. The van der Waals surface area contributed by atoms with Crippen molar-refractivity contribution < 1.29 is 0 Å². The molecule has 1 heterocycles. The molecule has 3 nitrogen and oxygen atoms in total. The molecule has 0 amide bonds. The van der Waals surface area contributed by atoms with E-state index in [1.54, 1.807) is 0 Å². The Morgan fingerprint density at radius 3 is 2.50 bits per heavy atom. The molecule has 0 aliphatic heterocycles. The lowest BCUT2D eigenvalue weighted by molar-refractivity contribution is 0.247. The molecular formula is C17H23N3. The van der Waals surface area contributed by atoms with Crippen molar-refractivity contribution in [3.8, 4) is 0 Å². The van der Waals surface area contributed by atoms with E-state index in [0.717, 1.165) is 25.1 Å². The Hall–Kier alpha value is -1.71. The summed E-state index contributed by atoms with van der Waals surface area (Å²) in [7, 11) is 2.14. The van der Waals surface area contributed by atoms with Crippen molar-refractivity contribution in [1.29, 1.82) is 0 Å². The number of hydrogen-bond acceptors (Lipinski definition) is 3. The van der Waals surface area contributed by atoms with Crippen molar-refractivity contribution >= 4 is 0 Å². The quantitative estimate of drug-likeness (QED) is 0.837. The minimum absolute atomic E-state index is 0.376. The van der Waals surface area contributed by atoms with Crippen LogP contribution in [-0.2, 0) is 12.8 Å². The van der Waals surface area contributed by atoms with Crippen molar-refractivity contribution in [3.05, 3.63) is 66.0 Å². The molecule has 0 bridgehead atoms. The summed E-state index contributed by atoms with van der Waals surface area (Å²) in [6.07, 6.45) is 3.80. The number of aromatic nitrogens is 1. The summed E-state index contributed by atoms with van der Waals surface area (Å²) in [5.74, 6) is 0. The SMILES string of the molecule is CN(CCc1ccccn1)C(CN)Cc1ccccc1. The van der Waals surface area contributed by atoms with Gasteiger partial charge in [0.2, 0.25) is 0 Å². The van der Waals surface area contributed by atoms with Crippen LogP contribution in [0.3, 0.4) is 0 Å². The number of benzene rings is 1. The first-order valence-electron chi connectivity index (χ1n) is 7.13. The van der Waals surface area contributed by atoms with Crippen molar-refractivity contribution in [2.75, 3.05) is 20.1 Å². The van der Waals surface area contributed by atoms with Gasteiger partial charge in [0, 0.05) is 37.4 Å². The summed E-state index contributed by atoms with van der Waals surface area (Å²) in [5.41, 5.74) is 8.41. The predicted octanol–water partition coefficient (Wildman–Crippen LogP) is 2.13. The molecule has 0 radical (unpaired) electrons. The van der Waals surface area contributed by atoms with Crippen LogP contribution in [-0.4, -0.2) is 36.1 Å². The zero-order chi connectivity index (χ0) is 14.2. The summed E-state index contributed by atoms with van der Waals surface area (Å²) >= 11 is 0. The van der Waals surface area contributed by atoms with Gasteiger partial charge in [-0.25, -0.2) is 0 Å². The molecule has 0 saturated heterocycles. The fraction of sp³-hybridized carbons (Fsp3) is 0.353. The normalized spacial score (nSPS) is 12.6. The second-order valence-corrected chi connectivity index (χ2v) is 5.13. The molecule has 2 aromatic rings. The highest BCUT2D eigenvalue weighted by Gasteiger charge is 2.13. The van der Waals surface area contributed by atoms with Gasteiger partial charge in [-0.15, -0.1) is 0 Å². The van der Waals surface area contributed by atoms with Crippen LogP contribution in [0.2, 0.25) is 0 Å². The van der Waals surface area contributed by atoms with Gasteiger partial charge in [-0.1, -0.05) is 36.4 Å². The molecular weight excluding hydrogens is 246 g/mol. The van der Waals surface area contributed by atoms with E-state index in [4.69, 9.17) is 5.73 Å². The molecule has 106 valence electrons. The molecule has 2 N–H and O–H groups in total. The van der Waals surface area contributed by atoms with Crippen molar-refractivity contribution in [2.45, 2.75) is 18.9 Å². The second kappa shape index (κ2) is 7.78. The van der Waals surface area contributed by atoms with E-state index in [9.17, 15) is 0 Å². The van der Waals surface area contributed by atoms with Crippen LogP contribution in [0.1, 0.15) is 11.3 Å². The van der Waals surface area contributed by atoms with Gasteiger partial charge in [0.25, 0.3) is 0 Å². The molecule has 20 heavy (non-hydrogen) atoms. The van der Waals surface area contributed by atoms with Gasteiger partial charge in [0.15, 0.2) is 0 Å². The average Bonchev–Trinajstić information content (AvgIpc) is 2.52. The van der Waals surface area contributed by atoms with Crippen molar-refractivity contribution in [2.24, 2.45) is 5.73 Å². The molecule has 0 fully saturated rings. The molecule has 1 atom stereocenters. The summed E-state index contributed by atoms with van der Waals surface area (Å²) in [5, 5.41) is 0. The van der Waals surface area contributed by atoms with E-state index in [1.165, 1.54) is 5.56 Å². The third-order valence-corrected chi connectivity index (χ3v) is 3.66. The van der Waals surface area contributed by atoms with Gasteiger partial charge < -0.3 is 10.6 Å². The van der Waals surface area contributed by atoms with E-state index in [0.29, 0.717) is 12.6 Å². The predicted molar refractivity (Wildman–Crippen MR) is 83.6 cm³/mol. The first-order chi connectivity index (χ1) is 9.79. The number of likely N-dealkylation sites (N-methyl/N-ethyl adjacent to an activating group) is 1. The van der Waals surface area contributed by atoms with Gasteiger partial charge in [0.1, 0.15) is 0 Å². The molecule has 1 aromatic heterocycles. The molecule has 0 saturated carbocycles. The fourth-order valence-corrected chi connectivity index (χ4v) is 2.32. The van der Waals surface area contributed by atoms with E-state index >= 15 is 0 Å². The third kappa shape index (κ3) is 4.44. The molecule has 0 spiro atoms. The highest BCUT2D eigenvalue weighted by Crippen LogP contribution is 2.08. The largest absolute Gasteiger partial charge is 0.329 e. The van der Waals surface area contributed by atoms with Gasteiger partial charge in [0.05, 0.1) is 0 Å². The van der Waals surface area contributed by atoms with Crippen LogP contribution in [0.25, 0.3) is 0 Å². The van der Waals surface area contributed by atoms with Crippen LogP contribution in [0.4, 0.5) is 0 Å². The van der Waals surface area contributed by atoms with Crippen LogP contribution in [0.15, 0.2) is 54.7 Å². The number of hydrogen-bond donors (Lipinski definition) is 1. The summed E-state index contributed by atoms with van der Waals surface area (Å²) in [6, 6.07) is 17.0. The number of nitrogens with zero attached hydrogens (tertiary/aromatic N) is 2. The monoisotopic (exact) mass is 269 g/mol. The Kier molecular flexibility index (Phi) is 5.71. The molecule has 1 aromatic carbocycles. The van der Waals surface area contributed by atoms with Gasteiger partial charge in [-0.3, -0.25) is 4.98 Å². The Morgan fingerprint density at radius 1 is 1.10 bits per heavy atom. The number of pyridine rings is 1. The zero-order valence-corrected chi connectivity index (χ0v) is 12.1. The molecule has 2 rings (SSSR count). The lowest BCUT2D eigenvalue weighted by Gasteiger charge is -2.27. The Labute approximate surface area is 121 Å². The second-order valence-electron chi connectivity index (χ2n) is 5.13. The maximum atomic E-state index is 5.93. The smallest absolute Gasteiger partial charge is 0.0416 e. The van der Waals surface area contributed by atoms with Crippen molar-refractivity contribution in [3.63, 3.8) is 0 Å². The first kappa shape index (κ1) is 14.7. The van der Waals surface area contributed by atoms with Gasteiger partial charge in [-0.2, -0.15) is 0 Å².